The van der Waals surface area contributed by atoms with Crippen molar-refractivity contribution >= 4 is 0 Å². The molecule has 0 aromatic rings. The maximum atomic E-state index is 5.42. The molecule has 2 rings (SSSR count). The number of rotatable bonds is 5. The fourth-order valence-electron chi connectivity index (χ4n) is 2.72. The van der Waals surface area contributed by atoms with Crippen LogP contribution in [0, 0.1) is 11.3 Å². The summed E-state index contributed by atoms with van der Waals surface area (Å²) in [6, 6.07) is 0.755. The third-order valence-corrected chi connectivity index (χ3v) is 4.24. The molecule has 88 valence electrons. The van der Waals surface area contributed by atoms with E-state index in [0.717, 1.165) is 31.7 Å². The molecule has 1 aliphatic carbocycles. The van der Waals surface area contributed by atoms with E-state index in [2.05, 4.69) is 19.2 Å². The van der Waals surface area contributed by atoms with Crippen molar-refractivity contribution in [1.29, 1.82) is 0 Å². The molecule has 0 spiro atoms. The Morgan fingerprint density at radius 2 is 2.00 bits per heavy atom. The van der Waals surface area contributed by atoms with Crippen LogP contribution < -0.4 is 5.32 Å². The topological polar surface area (TPSA) is 21.3 Å². The first kappa shape index (κ1) is 11.4. The van der Waals surface area contributed by atoms with Crippen LogP contribution in [0.1, 0.15) is 46.0 Å². The van der Waals surface area contributed by atoms with E-state index in [4.69, 9.17) is 4.74 Å². The van der Waals surface area contributed by atoms with E-state index in [-0.39, 0.29) is 0 Å². The van der Waals surface area contributed by atoms with Crippen LogP contribution in [-0.2, 0) is 4.74 Å². The lowest BCUT2D eigenvalue weighted by Gasteiger charge is -2.30. The summed E-state index contributed by atoms with van der Waals surface area (Å²) >= 11 is 0. The van der Waals surface area contributed by atoms with Gasteiger partial charge in [0.15, 0.2) is 0 Å². The van der Waals surface area contributed by atoms with Crippen molar-refractivity contribution in [3.63, 3.8) is 0 Å². The van der Waals surface area contributed by atoms with Gasteiger partial charge in [-0.3, -0.25) is 0 Å². The van der Waals surface area contributed by atoms with E-state index in [1.807, 2.05) is 0 Å². The summed E-state index contributed by atoms with van der Waals surface area (Å²) in [6.45, 7) is 7.76. The first-order valence-corrected chi connectivity index (χ1v) is 6.56. The minimum atomic E-state index is 0.619. The van der Waals surface area contributed by atoms with Gasteiger partial charge in [-0.25, -0.2) is 0 Å². The maximum Gasteiger partial charge on any atom is 0.0468 e. The smallest absolute Gasteiger partial charge is 0.0468 e. The predicted octanol–water partition coefficient (Wildman–Crippen LogP) is 2.58. The molecular formula is C13H25NO. The molecule has 1 N–H and O–H groups in total. The van der Waals surface area contributed by atoms with Gasteiger partial charge >= 0.3 is 0 Å². The Bertz CT molecular complexity index is 195. The van der Waals surface area contributed by atoms with Gasteiger partial charge in [0.2, 0.25) is 0 Å². The van der Waals surface area contributed by atoms with Crippen LogP contribution in [0.3, 0.4) is 0 Å². The average molecular weight is 211 g/mol. The summed E-state index contributed by atoms with van der Waals surface area (Å²) in [6.07, 6.45) is 6.77. The van der Waals surface area contributed by atoms with Gasteiger partial charge in [0.1, 0.15) is 0 Å². The van der Waals surface area contributed by atoms with E-state index in [0.29, 0.717) is 5.41 Å². The molecule has 0 aromatic heterocycles. The Kier molecular flexibility index (Phi) is 3.68. The van der Waals surface area contributed by atoms with Crippen molar-refractivity contribution in [2.75, 3.05) is 19.8 Å². The Hall–Kier alpha value is -0.0800. The predicted molar refractivity (Wildman–Crippen MR) is 63.0 cm³/mol. The minimum Gasteiger partial charge on any atom is -0.381 e. The molecule has 2 nitrogen and oxygen atoms in total. The SMILES string of the molecule is CCNC(CC1CCOCC1)C1(C)CC1. The molecule has 0 radical (unpaired) electrons. The molecule has 0 amide bonds. The van der Waals surface area contributed by atoms with Gasteiger partial charge in [-0.05, 0) is 50.0 Å². The molecule has 1 unspecified atom stereocenters. The van der Waals surface area contributed by atoms with Crippen LogP contribution in [0.25, 0.3) is 0 Å². The van der Waals surface area contributed by atoms with Crippen molar-refractivity contribution in [1.82, 2.24) is 5.32 Å². The molecule has 1 atom stereocenters. The van der Waals surface area contributed by atoms with Crippen LogP contribution in [0.15, 0.2) is 0 Å². The van der Waals surface area contributed by atoms with Crippen LogP contribution in [0.2, 0.25) is 0 Å². The maximum absolute atomic E-state index is 5.42. The molecule has 15 heavy (non-hydrogen) atoms. The lowest BCUT2D eigenvalue weighted by molar-refractivity contribution is 0.0575. The van der Waals surface area contributed by atoms with Crippen molar-refractivity contribution in [2.24, 2.45) is 11.3 Å². The summed E-state index contributed by atoms with van der Waals surface area (Å²) < 4.78 is 5.42. The zero-order chi connectivity index (χ0) is 10.7. The Balaban J connectivity index is 1.82. The fraction of sp³-hybridized carbons (Fsp3) is 1.00. The first-order valence-electron chi connectivity index (χ1n) is 6.56. The highest BCUT2D eigenvalue weighted by Crippen LogP contribution is 2.50. The monoisotopic (exact) mass is 211 g/mol. The largest absolute Gasteiger partial charge is 0.381 e. The van der Waals surface area contributed by atoms with Crippen molar-refractivity contribution in [3.8, 4) is 0 Å². The second-order valence-corrected chi connectivity index (χ2v) is 5.56. The highest BCUT2D eigenvalue weighted by Gasteiger charge is 2.44. The Labute approximate surface area is 93.8 Å². The Morgan fingerprint density at radius 3 is 2.53 bits per heavy atom. The van der Waals surface area contributed by atoms with Gasteiger partial charge in [0.25, 0.3) is 0 Å². The molecule has 2 fully saturated rings. The third kappa shape index (κ3) is 2.94. The van der Waals surface area contributed by atoms with Crippen molar-refractivity contribution in [3.05, 3.63) is 0 Å². The van der Waals surface area contributed by atoms with Crippen molar-refractivity contribution < 1.29 is 4.74 Å². The molecule has 2 aliphatic rings. The van der Waals surface area contributed by atoms with Gasteiger partial charge in [-0.1, -0.05) is 13.8 Å². The summed E-state index contributed by atoms with van der Waals surface area (Å²) in [4.78, 5) is 0. The van der Waals surface area contributed by atoms with E-state index >= 15 is 0 Å². The number of nitrogens with one attached hydrogen (secondary N) is 1. The molecule has 0 aromatic carbocycles. The van der Waals surface area contributed by atoms with Crippen molar-refractivity contribution in [2.45, 2.75) is 52.0 Å². The highest BCUT2D eigenvalue weighted by atomic mass is 16.5. The van der Waals surface area contributed by atoms with Gasteiger partial charge in [0.05, 0.1) is 0 Å². The number of hydrogen-bond donors (Lipinski definition) is 1. The summed E-state index contributed by atoms with van der Waals surface area (Å²) in [5.41, 5.74) is 0.619. The second kappa shape index (κ2) is 4.84. The molecule has 2 heteroatoms. The number of hydrogen-bond acceptors (Lipinski definition) is 2. The molecule has 1 saturated heterocycles. The molecule has 1 heterocycles. The van der Waals surface area contributed by atoms with E-state index in [9.17, 15) is 0 Å². The van der Waals surface area contributed by atoms with Crippen LogP contribution in [0.5, 0.6) is 0 Å². The lowest BCUT2D eigenvalue weighted by atomic mass is 9.85. The zero-order valence-electron chi connectivity index (χ0n) is 10.2. The minimum absolute atomic E-state index is 0.619. The van der Waals surface area contributed by atoms with Gasteiger partial charge in [-0.2, -0.15) is 0 Å². The summed E-state index contributed by atoms with van der Waals surface area (Å²) in [5, 5.41) is 3.69. The summed E-state index contributed by atoms with van der Waals surface area (Å²) in [5.74, 6) is 0.903. The highest BCUT2D eigenvalue weighted by molar-refractivity contribution is 4.99. The quantitative estimate of drug-likeness (QED) is 0.754. The molecular weight excluding hydrogens is 186 g/mol. The molecule has 1 saturated carbocycles. The average Bonchev–Trinajstić information content (AvgIpc) is 2.99. The van der Waals surface area contributed by atoms with E-state index in [1.54, 1.807) is 0 Å². The van der Waals surface area contributed by atoms with Gasteiger partial charge < -0.3 is 10.1 Å². The van der Waals surface area contributed by atoms with Gasteiger partial charge in [0, 0.05) is 19.3 Å². The number of ether oxygens (including phenoxy) is 1. The fourth-order valence-corrected chi connectivity index (χ4v) is 2.72. The first-order chi connectivity index (χ1) is 7.24. The van der Waals surface area contributed by atoms with E-state index < -0.39 is 0 Å². The lowest BCUT2D eigenvalue weighted by Crippen LogP contribution is -2.38. The van der Waals surface area contributed by atoms with E-state index in [1.165, 1.54) is 32.1 Å². The second-order valence-electron chi connectivity index (χ2n) is 5.56. The van der Waals surface area contributed by atoms with Crippen LogP contribution >= 0.6 is 0 Å². The zero-order valence-corrected chi connectivity index (χ0v) is 10.2. The molecule has 1 aliphatic heterocycles. The Morgan fingerprint density at radius 1 is 1.33 bits per heavy atom. The standard InChI is InChI=1S/C13H25NO/c1-3-14-12(13(2)6-7-13)10-11-4-8-15-9-5-11/h11-12,14H,3-10H2,1-2H3. The third-order valence-electron chi connectivity index (χ3n) is 4.24. The van der Waals surface area contributed by atoms with Gasteiger partial charge in [-0.15, -0.1) is 0 Å². The normalized spacial score (nSPS) is 27.6. The van der Waals surface area contributed by atoms with Crippen LogP contribution in [0.4, 0.5) is 0 Å². The summed E-state index contributed by atoms with van der Waals surface area (Å²) in [7, 11) is 0. The molecule has 0 bridgehead atoms. The van der Waals surface area contributed by atoms with Crippen LogP contribution in [-0.4, -0.2) is 25.8 Å².